The summed E-state index contributed by atoms with van der Waals surface area (Å²) in [6, 6.07) is 12.0. The van der Waals surface area contributed by atoms with Gasteiger partial charge in [-0.25, -0.2) is 0 Å². The Balaban J connectivity index is 1.72. The van der Waals surface area contributed by atoms with E-state index >= 15 is 0 Å². The normalized spacial score (nSPS) is 16.3. The summed E-state index contributed by atoms with van der Waals surface area (Å²) in [6.45, 7) is -0.189. The number of anilines is 1. The van der Waals surface area contributed by atoms with Gasteiger partial charge in [-0.2, -0.15) is 39.5 Å². The predicted molar refractivity (Wildman–Crippen MR) is 136 cm³/mol. The summed E-state index contributed by atoms with van der Waals surface area (Å²) in [5.74, 6) is 0.0549. The molecule has 0 fully saturated rings. The fourth-order valence-corrected chi connectivity index (χ4v) is 4.75. The van der Waals surface area contributed by atoms with Crippen molar-refractivity contribution in [2.24, 2.45) is 0 Å². The van der Waals surface area contributed by atoms with Crippen LogP contribution in [0.25, 0.3) is 0 Å². The maximum absolute atomic E-state index is 13.6. The fourth-order valence-electron chi connectivity index (χ4n) is 4.75. The van der Waals surface area contributed by atoms with Crippen LogP contribution in [0.15, 0.2) is 66.7 Å². The van der Waals surface area contributed by atoms with Crippen molar-refractivity contribution in [1.29, 1.82) is 0 Å². The lowest BCUT2D eigenvalue weighted by molar-refractivity contribution is -0.376. The number of nitrogens with zero attached hydrogens (tertiary/aromatic N) is 1. The summed E-state index contributed by atoms with van der Waals surface area (Å²) >= 11 is 0. The van der Waals surface area contributed by atoms with Gasteiger partial charge in [0.05, 0.1) is 25.6 Å². The largest absolute Gasteiger partial charge is 0.497 e. The molecule has 0 saturated carbocycles. The first-order valence-electron chi connectivity index (χ1n) is 12.7. The molecule has 0 spiro atoms. The first kappa shape index (κ1) is 32.0. The molecular weight excluding hydrogens is 597 g/mol. The van der Waals surface area contributed by atoms with Gasteiger partial charge in [-0.05, 0) is 54.3 Å². The van der Waals surface area contributed by atoms with Crippen LogP contribution in [0.1, 0.15) is 28.7 Å². The molecule has 3 aromatic carbocycles. The smallest absolute Gasteiger partial charge is 0.430 e. The molecule has 1 heterocycles. The van der Waals surface area contributed by atoms with E-state index in [1.165, 1.54) is 13.2 Å². The van der Waals surface area contributed by atoms with Crippen LogP contribution >= 0.6 is 0 Å². The van der Waals surface area contributed by atoms with Crippen molar-refractivity contribution in [3.63, 3.8) is 0 Å². The van der Waals surface area contributed by atoms with Crippen molar-refractivity contribution in [2.45, 2.75) is 49.5 Å². The second kappa shape index (κ2) is 11.6. The highest BCUT2D eigenvalue weighted by molar-refractivity contribution is 5.95. The number of rotatable bonds is 6. The van der Waals surface area contributed by atoms with Crippen molar-refractivity contribution in [3.05, 3.63) is 89.0 Å². The molecule has 1 atom stereocenters. The van der Waals surface area contributed by atoms with E-state index in [2.05, 4.69) is 0 Å². The molecule has 0 radical (unpaired) electrons. The molecule has 0 aliphatic carbocycles. The van der Waals surface area contributed by atoms with Crippen LogP contribution in [-0.4, -0.2) is 43.1 Å². The van der Waals surface area contributed by atoms with E-state index < -0.39 is 53.7 Å². The van der Waals surface area contributed by atoms with Gasteiger partial charge in [0.2, 0.25) is 5.91 Å². The number of carbonyl (C=O) groups is 1. The monoisotopic (exact) mass is 621 g/mol. The third-order valence-corrected chi connectivity index (χ3v) is 7.01. The molecule has 1 aliphatic heterocycles. The minimum atomic E-state index is -6.11. The average Bonchev–Trinajstić information content (AvgIpc) is 3.10. The topological polar surface area (TPSA) is 59.0 Å². The summed E-state index contributed by atoms with van der Waals surface area (Å²) in [7, 11) is 1.42. The number of hydrogen-bond donors (Lipinski definition) is 1. The second-order valence-electron chi connectivity index (χ2n) is 9.88. The third-order valence-electron chi connectivity index (χ3n) is 7.01. The molecule has 232 valence electrons. The quantitative estimate of drug-likeness (QED) is 0.302. The molecule has 0 bridgehead atoms. The maximum atomic E-state index is 13.6. The van der Waals surface area contributed by atoms with Gasteiger partial charge < -0.3 is 19.5 Å². The lowest BCUT2D eigenvalue weighted by Crippen LogP contribution is -2.54. The van der Waals surface area contributed by atoms with Gasteiger partial charge in [0.25, 0.3) is 5.60 Å². The minimum absolute atomic E-state index is 0.0240. The Labute approximate surface area is 239 Å². The predicted octanol–water partition coefficient (Wildman–Crippen LogP) is 7.00. The standard InChI is InChI=1S/C29H24F9NO4/c1-42-21-3-2-4-22(15-21)43-23-11-7-18-14-20(26(41,28(33,34)35)29(36,37)38)10-12-24(18)39(16-23)25(40)13-17-5-8-19(9-6-17)27(30,31)32/h2-6,8-10,12,14-15,23,41H,7,11,13,16H2,1H3/t23-/m0/s1. The number of methoxy groups -OCH3 is 1. The van der Waals surface area contributed by atoms with Crippen molar-refractivity contribution in [2.75, 3.05) is 18.6 Å². The zero-order chi connectivity index (χ0) is 31.8. The van der Waals surface area contributed by atoms with Crippen LogP contribution in [-0.2, 0) is 29.4 Å². The van der Waals surface area contributed by atoms with E-state index in [4.69, 9.17) is 9.47 Å². The van der Waals surface area contributed by atoms with Gasteiger partial charge >= 0.3 is 18.5 Å². The van der Waals surface area contributed by atoms with E-state index in [0.29, 0.717) is 23.6 Å². The molecule has 1 N–H and O–H groups in total. The zero-order valence-electron chi connectivity index (χ0n) is 22.3. The van der Waals surface area contributed by atoms with Gasteiger partial charge in [0.1, 0.15) is 17.6 Å². The molecule has 0 unspecified atom stereocenters. The molecule has 1 amide bonds. The SMILES string of the molecule is COc1cccc(O[C@H]2CCc3cc(C(O)(C(F)(F)F)C(F)(F)F)ccc3N(C(=O)Cc3ccc(C(F)(F)F)cc3)C2)c1. The number of aryl methyl sites for hydroxylation is 1. The number of benzene rings is 3. The van der Waals surface area contributed by atoms with Crippen molar-refractivity contribution < 1.29 is 58.9 Å². The lowest BCUT2D eigenvalue weighted by atomic mass is 9.89. The van der Waals surface area contributed by atoms with Crippen LogP contribution in [0.4, 0.5) is 45.2 Å². The number of aliphatic hydroxyl groups is 1. The first-order valence-corrected chi connectivity index (χ1v) is 12.7. The summed E-state index contributed by atoms with van der Waals surface area (Å²) in [6.07, 6.45) is -18.1. The molecule has 5 nitrogen and oxygen atoms in total. The summed E-state index contributed by atoms with van der Waals surface area (Å²) < 4.78 is 131. The Kier molecular flexibility index (Phi) is 8.65. The van der Waals surface area contributed by atoms with E-state index in [-0.39, 0.29) is 36.2 Å². The third kappa shape index (κ3) is 6.68. The Bertz CT molecular complexity index is 1440. The Morgan fingerprint density at radius 2 is 1.47 bits per heavy atom. The lowest BCUT2D eigenvalue weighted by Gasteiger charge is -2.33. The number of hydrogen-bond acceptors (Lipinski definition) is 4. The van der Waals surface area contributed by atoms with Gasteiger partial charge in [-0.3, -0.25) is 4.79 Å². The van der Waals surface area contributed by atoms with E-state index in [1.807, 2.05) is 0 Å². The Hall–Kier alpha value is -3.94. The van der Waals surface area contributed by atoms with Crippen molar-refractivity contribution in [1.82, 2.24) is 0 Å². The summed E-state index contributed by atoms with van der Waals surface area (Å²) in [5, 5.41) is 9.93. The number of alkyl halides is 9. The molecule has 1 aliphatic rings. The molecule has 3 aromatic rings. The highest BCUT2D eigenvalue weighted by Crippen LogP contribution is 2.50. The highest BCUT2D eigenvalue weighted by Gasteiger charge is 2.71. The van der Waals surface area contributed by atoms with E-state index in [9.17, 15) is 49.4 Å². The number of ether oxygens (including phenoxy) is 2. The zero-order valence-corrected chi connectivity index (χ0v) is 22.3. The van der Waals surface area contributed by atoms with Crippen LogP contribution < -0.4 is 14.4 Å². The Morgan fingerprint density at radius 3 is 2.05 bits per heavy atom. The molecule has 0 aromatic heterocycles. The van der Waals surface area contributed by atoms with Crippen molar-refractivity contribution >= 4 is 11.6 Å². The van der Waals surface area contributed by atoms with Crippen LogP contribution in [0.2, 0.25) is 0 Å². The van der Waals surface area contributed by atoms with Crippen molar-refractivity contribution in [3.8, 4) is 11.5 Å². The average molecular weight is 621 g/mol. The van der Waals surface area contributed by atoms with Crippen LogP contribution in [0.3, 0.4) is 0 Å². The minimum Gasteiger partial charge on any atom is -0.497 e. The maximum Gasteiger partial charge on any atom is 0.430 e. The van der Waals surface area contributed by atoms with Crippen LogP contribution in [0, 0.1) is 0 Å². The van der Waals surface area contributed by atoms with Crippen LogP contribution in [0.5, 0.6) is 11.5 Å². The molecule has 4 rings (SSSR count). The molecule has 43 heavy (non-hydrogen) atoms. The van der Waals surface area contributed by atoms with Gasteiger partial charge in [-0.15, -0.1) is 0 Å². The number of halogens is 9. The fraction of sp³-hybridized carbons (Fsp3) is 0.345. The van der Waals surface area contributed by atoms with Gasteiger partial charge in [0, 0.05) is 17.3 Å². The summed E-state index contributed by atoms with van der Waals surface area (Å²) in [5.41, 5.74) is -7.52. The second-order valence-corrected chi connectivity index (χ2v) is 9.88. The Morgan fingerprint density at radius 1 is 0.860 bits per heavy atom. The highest BCUT2D eigenvalue weighted by atomic mass is 19.4. The number of carbonyl (C=O) groups excluding carboxylic acids is 1. The van der Waals surface area contributed by atoms with E-state index in [0.717, 1.165) is 35.2 Å². The molecule has 0 saturated heterocycles. The molecular formula is C29H24F9NO4. The number of fused-ring (bicyclic) bond motifs is 1. The van der Waals surface area contributed by atoms with Gasteiger partial charge in [-0.1, -0.05) is 30.3 Å². The van der Waals surface area contributed by atoms with Gasteiger partial charge in [0.15, 0.2) is 0 Å². The molecule has 14 heteroatoms. The summed E-state index contributed by atoms with van der Waals surface area (Å²) in [4.78, 5) is 14.6. The van der Waals surface area contributed by atoms with E-state index in [1.54, 1.807) is 18.2 Å². The number of amides is 1. The first-order chi connectivity index (χ1) is 19.9.